The third-order valence-corrected chi connectivity index (χ3v) is 2.31. The molecule has 4 nitrogen and oxygen atoms in total. The van der Waals surface area contributed by atoms with Gasteiger partial charge in [0.05, 0.1) is 11.3 Å². The molecule has 16 heavy (non-hydrogen) atoms. The molecule has 0 fully saturated rings. The summed E-state index contributed by atoms with van der Waals surface area (Å²) >= 11 is 0. The van der Waals surface area contributed by atoms with E-state index >= 15 is 0 Å². The first-order chi connectivity index (χ1) is 7.24. The number of benzene rings is 2. The van der Waals surface area contributed by atoms with Crippen LogP contribution in [-0.4, -0.2) is 11.1 Å². The van der Waals surface area contributed by atoms with Gasteiger partial charge in [0, 0.05) is 5.39 Å². The molecule has 0 bridgehead atoms. The minimum absolute atomic E-state index is 0. The van der Waals surface area contributed by atoms with Crippen LogP contribution in [0.4, 0.5) is 5.69 Å². The number of carboxylic acids is 1. The monoisotopic (exact) mass is 238 g/mol. The minimum Gasteiger partial charge on any atom is -0.478 e. The third kappa shape index (κ3) is 1.93. The van der Waals surface area contributed by atoms with Crippen LogP contribution in [0.15, 0.2) is 36.4 Å². The molecule has 0 amide bonds. The van der Waals surface area contributed by atoms with Gasteiger partial charge in [0.1, 0.15) is 0 Å². The van der Waals surface area contributed by atoms with Gasteiger partial charge in [-0.15, -0.1) is 12.4 Å². The Labute approximate surface area is 98.4 Å². The summed E-state index contributed by atoms with van der Waals surface area (Å²) in [6.45, 7) is 0. The topological polar surface area (TPSA) is 75.3 Å². The Kier molecular flexibility index (Phi) is 3.71. The Morgan fingerprint density at radius 2 is 1.75 bits per heavy atom. The molecule has 2 aromatic carbocycles. The zero-order valence-corrected chi connectivity index (χ0v) is 9.12. The van der Waals surface area contributed by atoms with Crippen molar-refractivity contribution >= 4 is 34.8 Å². The fourth-order valence-corrected chi connectivity index (χ4v) is 1.61. The van der Waals surface area contributed by atoms with Crippen LogP contribution in [0.5, 0.6) is 0 Å². The number of nitrogens with two attached hydrogens (primary N) is 1. The number of fused-ring (bicyclic) bond motifs is 1. The summed E-state index contributed by atoms with van der Waals surface area (Å²) in [6, 6.07) is 10.4. The van der Waals surface area contributed by atoms with Crippen LogP contribution in [0.3, 0.4) is 0 Å². The first-order valence-electron chi connectivity index (χ1n) is 4.45. The Morgan fingerprint density at radius 3 is 2.31 bits per heavy atom. The summed E-state index contributed by atoms with van der Waals surface area (Å²) in [7, 11) is 0. The van der Waals surface area contributed by atoms with Crippen LogP contribution in [0, 0.1) is 0 Å². The number of halogens is 1. The van der Waals surface area contributed by atoms with Gasteiger partial charge < -0.3 is 10.5 Å². The highest BCUT2D eigenvalue weighted by Gasteiger charge is 2.09. The van der Waals surface area contributed by atoms with Gasteiger partial charge in [-0.05, 0) is 17.5 Å². The average Bonchev–Trinajstić information content (AvgIpc) is 2.27. The number of rotatable bonds is 2. The van der Waals surface area contributed by atoms with E-state index in [4.69, 9.17) is 10.9 Å². The molecule has 0 atom stereocenters. The molecule has 0 aromatic heterocycles. The van der Waals surface area contributed by atoms with E-state index in [1.54, 1.807) is 24.3 Å². The minimum atomic E-state index is -0.935. The molecule has 0 spiro atoms. The highest BCUT2D eigenvalue weighted by molar-refractivity contribution is 6.07. The second kappa shape index (κ2) is 4.83. The lowest BCUT2D eigenvalue weighted by atomic mass is 10.0. The maximum atomic E-state index is 11.0. The quantitative estimate of drug-likeness (QED) is 0.554. The number of anilines is 1. The first-order valence-corrected chi connectivity index (χ1v) is 4.45. The van der Waals surface area contributed by atoms with Crippen molar-refractivity contribution in [3.63, 3.8) is 0 Å². The standard InChI is InChI=1S/C11H10N2O2.ClH/c12-13-10-6-5-9(11(14)15)7-3-1-2-4-8(7)10;/h1-6,13H,12H2,(H,14,15);1H. The lowest BCUT2D eigenvalue weighted by molar-refractivity contribution is 0.0699. The van der Waals surface area contributed by atoms with Crippen molar-refractivity contribution in [2.75, 3.05) is 5.43 Å². The van der Waals surface area contributed by atoms with E-state index in [0.29, 0.717) is 5.39 Å². The lowest BCUT2D eigenvalue weighted by Gasteiger charge is -2.07. The van der Waals surface area contributed by atoms with Crippen LogP contribution in [0.1, 0.15) is 10.4 Å². The van der Waals surface area contributed by atoms with E-state index in [0.717, 1.165) is 11.1 Å². The maximum absolute atomic E-state index is 11.0. The zero-order valence-electron chi connectivity index (χ0n) is 8.31. The Bertz CT molecular complexity index is 528. The molecule has 0 unspecified atom stereocenters. The van der Waals surface area contributed by atoms with Crippen LogP contribution >= 0.6 is 12.4 Å². The SMILES string of the molecule is Cl.NNc1ccc(C(=O)O)c2ccccc12. The molecule has 0 saturated heterocycles. The lowest BCUT2D eigenvalue weighted by Crippen LogP contribution is -2.08. The van der Waals surface area contributed by atoms with Crippen molar-refractivity contribution < 1.29 is 9.90 Å². The van der Waals surface area contributed by atoms with Crippen LogP contribution in [-0.2, 0) is 0 Å². The van der Waals surface area contributed by atoms with Crippen LogP contribution in [0.25, 0.3) is 10.8 Å². The molecular weight excluding hydrogens is 228 g/mol. The van der Waals surface area contributed by atoms with Crippen LogP contribution in [0.2, 0.25) is 0 Å². The molecule has 0 radical (unpaired) electrons. The predicted octanol–water partition coefficient (Wildman–Crippen LogP) is 2.25. The molecule has 2 aromatic rings. The highest BCUT2D eigenvalue weighted by atomic mass is 35.5. The van der Waals surface area contributed by atoms with Crippen molar-refractivity contribution in [3.8, 4) is 0 Å². The van der Waals surface area contributed by atoms with E-state index in [1.165, 1.54) is 0 Å². The Balaban J connectivity index is 0.00000128. The summed E-state index contributed by atoms with van der Waals surface area (Å²) in [6.07, 6.45) is 0. The molecule has 2 rings (SSSR count). The molecule has 5 heteroatoms. The van der Waals surface area contributed by atoms with E-state index in [2.05, 4.69) is 5.43 Å². The third-order valence-electron chi connectivity index (χ3n) is 2.31. The number of carbonyl (C=O) groups is 1. The Morgan fingerprint density at radius 1 is 1.12 bits per heavy atom. The molecular formula is C11H11ClN2O2. The Hall–Kier alpha value is -1.78. The summed E-state index contributed by atoms with van der Waals surface area (Å²) < 4.78 is 0. The fraction of sp³-hybridized carbons (Fsp3) is 0. The number of hydrogen-bond donors (Lipinski definition) is 3. The highest BCUT2D eigenvalue weighted by Crippen LogP contribution is 2.25. The van der Waals surface area contributed by atoms with Gasteiger partial charge in [-0.25, -0.2) is 4.79 Å². The van der Waals surface area contributed by atoms with E-state index in [-0.39, 0.29) is 18.0 Å². The van der Waals surface area contributed by atoms with Crippen molar-refractivity contribution in [2.24, 2.45) is 5.84 Å². The molecule has 0 heterocycles. The van der Waals surface area contributed by atoms with Gasteiger partial charge in [-0.3, -0.25) is 5.84 Å². The summed E-state index contributed by atoms with van der Waals surface area (Å²) in [5, 5.41) is 10.5. The number of carboxylic acid groups (broad SMARTS) is 1. The molecule has 84 valence electrons. The predicted molar refractivity (Wildman–Crippen MR) is 66.0 cm³/mol. The van der Waals surface area contributed by atoms with Crippen molar-refractivity contribution in [1.29, 1.82) is 0 Å². The number of nitrogen functional groups attached to an aromatic ring is 1. The van der Waals surface area contributed by atoms with Gasteiger partial charge in [-0.1, -0.05) is 24.3 Å². The number of nitrogens with one attached hydrogen (secondary N) is 1. The van der Waals surface area contributed by atoms with Gasteiger partial charge in [0.25, 0.3) is 0 Å². The van der Waals surface area contributed by atoms with E-state index < -0.39 is 5.97 Å². The van der Waals surface area contributed by atoms with Crippen LogP contribution < -0.4 is 11.3 Å². The normalized spacial score (nSPS) is 9.56. The van der Waals surface area contributed by atoms with Crippen molar-refractivity contribution in [3.05, 3.63) is 42.0 Å². The van der Waals surface area contributed by atoms with Gasteiger partial charge in [-0.2, -0.15) is 0 Å². The van der Waals surface area contributed by atoms with E-state index in [9.17, 15) is 4.79 Å². The summed E-state index contributed by atoms with van der Waals surface area (Å²) in [5.41, 5.74) is 3.54. The van der Waals surface area contributed by atoms with Gasteiger partial charge in [0.2, 0.25) is 0 Å². The smallest absolute Gasteiger partial charge is 0.336 e. The molecule has 0 saturated carbocycles. The number of hydrogen-bond acceptors (Lipinski definition) is 3. The molecule has 0 aliphatic carbocycles. The largest absolute Gasteiger partial charge is 0.478 e. The first kappa shape index (κ1) is 12.3. The van der Waals surface area contributed by atoms with Gasteiger partial charge in [0.15, 0.2) is 0 Å². The second-order valence-corrected chi connectivity index (χ2v) is 3.16. The van der Waals surface area contributed by atoms with Gasteiger partial charge >= 0.3 is 5.97 Å². The zero-order chi connectivity index (χ0) is 10.8. The number of hydrazine groups is 1. The molecule has 0 aliphatic heterocycles. The average molecular weight is 239 g/mol. The van der Waals surface area contributed by atoms with Crippen molar-refractivity contribution in [1.82, 2.24) is 0 Å². The second-order valence-electron chi connectivity index (χ2n) is 3.16. The molecule has 0 aliphatic rings. The fourth-order valence-electron chi connectivity index (χ4n) is 1.61. The molecule has 4 N–H and O–H groups in total. The summed E-state index contributed by atoms with van der Waals surface area (Å²) in [4.78, 5) is 11.0. The van der Waals surface area contributed by atoms with E-state index in [1.807, 2.05) is 12.1 Å². The summed E-state index contributed by atoms with van der Waals surface area (Å²) in [5.74, 6) is 4.41. The maximum Gasteiger partial charge on any atom is 0.336 e. The van der Waals surface area contributed by atoms with Crippen molar-refractivity contribution in [2.45, 2.75) is 0 Å². The number of aromatic carboxylic acids is 1.